The van der Waals surface area contributed by atoms with Gasteiger partial charge in [0, 0.05) is 6.42 Å². The summed E-state index contributed by atoms with van der Waals surface area (Å²) in [5.41, 5.74) is 0. The summed E-state index contributed by atoms with van der Waals surface area (Å²) in [6.07, 6.45) is 0.940. The van der Waals surface area contributed by atoms with Crippen molar-refractivity contribution in [2.75, 3.05) is 13.2 Å². The monoisotopic (exact) mass is 128 g/mol. The molecule has 0 aromatic rings. The first-order valence-electron chi connectivity index (χ1n) is 3.14. The van der Waals surface area contributed by atoms with Gasteiger partial charge in [-0.15, -0.1) is 0 Å². The third-order valence-corrected chi connectivity index (χ3v) is 1.79. The number of carbonyl (C=O) groups is 1. The fourth-order valence-corrected chi connectivity index (χ4v) is 1.30. The van der Waals surface area contributed by atoms with Crippen LogP contribution in [0.5, 0.6) is 0 Å². The fraction of sp³-hybridized carbons (Fsp3) is 0.833. The number of carbonyl (C=O) groups excluding carboxylic acids is 1. The zero-order valence-corrected chi connectivity index (χ0v) is 5.00. The van der Waals surface area contributed by atoms with Gasteiger partial charge < -0.3 is 9.47 Å². The largest absolute Gasteiger partial charge is 0.460 e. The molecule has 0 aromatic carbocycles. The van der Waals surface area contributed by atoms with Crippen LogP contribution in [0.25, 0.3) is 0 Å². The molecule has 0 N–H and O–H groups in total. The SMILES string of the molecule is O=C1O[C@H]2COC[C@@H]1C2. The molecule has 2 atom stereocenters. The third-order valence-electron chi connectivity index (χ3n) is 1.79. The molecule has 9 heavy (non-hydrogen) atoms. The number of ether oxygens (including phenoxy) is 2. The highest BCUT2D eigenvalue weighted by atomic mass is 16.6. The van der Waals surface area contributed by atoms with E-state index >= 15 is 0 Å². The molecule has 2 aliphatic rings. The summed E-state index contributed by atoms with van der Waals surface area (Å²) in [4.78, 5) is 10.8. The predicted molar refractivity (Wildman–Crippen MR) is 28.8 cm³/mol. The van der Waals surface area contributed by atoms with Gasteiger partial charge >= 0.3 is 5.97 Å². The Kier molecular flexibility index (Phi) is 0.990. The van der Waals surface area contributed by atoms with Gasteiger partial charge in [-0.25, -0.2) is 0 Å². The summed E-state index contributed by atoms with van der Waals surface area (Å²) in [6.45, 7) is 1.16. The first kappa shape index (κ1) is 5.23. The van der Waals surface area contributed by atoms with Gasteiger partial charge in [0.2, 0.25) is 0 Å². The van der Waals surface area contributed by atoms with Crippen LogP contribution in [0, 0.1) is 5.92 Å². The van der Waals surface area contributed by atoms with Crippen molar-refractivity contribution in [2.24, 2.45) is 5.92 Å². The maximum Gasteiger partial charge on any atom is 0.311 e. The van der Waals surface area contributed by atoms with Crippen molar-refractivity contribution < 1.29 is 14.3 Å². The second-order valence-electron chi connectivity index (χ2n) is 2.53. The highest BCUT2D eigenvalue weighted by molar-refractivity contribution is 5.75. The molecule has 2 heterocycles. The highest BCUT2D eigenvalue weighted by Crippen LogP contribution is 2.25. The van der Waals surface area contributed by atoms with E-state index in [2.05, 4.69) is 0 Å². The van der Waals surface area contributed by atoms with Crippen LogP contribution < -0.4 is 0 Å². The topological polar surface area (TPSA) is 35.5 Å². The van der Waals surface area contributed by atoms with Crippen molar-refractivity contribution in [3.63, 3.8) is 0 Å². The van der Waals surface area contributed by atoms with Crippen LogP contribution >= 0.6 is 0 Å². The van der Waals surface area contributed by atoms with Crippen LogP contribution in [0.15, 0.2) is 0 Å². The molecule has 0 spiro atoms. The Balaban J connectivity index is 2.15. The summed E-state index contributed by atoms with van der Waals surface area (Å²) in [5.74, 6) is -0.0266. The predicted octanol–water partition coefficient (Wildman–Crippen LogP) is -0.0517. The van der Waals surface area contributed by atoms with Gasteiger partial charge in [0.1, 0.15) is 6.10 Å². The second kappa shape index (κ2) is 1.70. The maximum atomic E-state index is 10.8. The minimum absolute atomic E-state index is 0.0451. The quantitative estimate of drug-likeness (QED) is 0.429. The molecular weight excluding hydrogens is 120 g/mol. The third kappa shape index (κ3) is 0.721. The zero-order valence-electron chi connectivity index (χ0n) is 5.00. The molecule has 3 nitrogen and oxygen atoms in total. The summed E-state index contributed by atoms with van der Waals surface area (Å²) < 4.78 is 10.0. The smallest absolute Gasteiger partial charge is 0.311 e. The van der Waals surface area contributed by atoms with E-state index in [0.29, 0.717) is 13.2 Å². The number of hydrogen-bond donors (Lipinski definition) is 0. The molecule has 2 fully saturated rings. The molecule has 2 bridgehead atoms. The lowest BCUT2D eigenvalue weighted by Crippen LogP contribution is -2.22. The summed E-state index contributed by atoms with van der Waals surface area (Å²) in [7, 11) is 0. The molecule has 3 heteroatoms. The van der Waals surface area contributed by atoms with Gasteiger partial charge in [-0.1, -0.05) is 0 Å². The number of esters is 1. The van der Waals surface area contributed by atoms with Crippen LogP contribution in [-0.4, -0.2) is 25.3 Å². The summed E-state index contributed by atoms with van der Waals surface area (Å²) >= 11 is 0. The van der Waals surface area contributed by atoms with Crippen molar-refractivity contribution in [1.29, 1.82) is 0 Å². The molecule has 2 rings (SSSR count). The van der Waals surface area contributed by atoms with E-state index < -0.39 is 0 Å². The van der Waals surface area contributed by atoms with E-state index in [1.165, 1.54) is 0 Å². The molecule has 0 saturated carbocycles. The Morgan fingerprint density at radius 2 is 2.33 bits per heavy atom. The lowest BCUT2D eigenvalue weighted by molar-refractivity contribution is -0.142. The molecule has 0 amide bonds. The maximum absolute atomic E-state index is 10.8. The van der Waals surface area contributed by atoms with Gasteiger partial charge in [0.15, 0.2) is 0 Å². The summed E-state index contributed by atoms with van der Waals surface area (Å²) in [6, 6.07) is 0. The Bertz CT molecular complexity index is 143. The molecular formula is C6H8O3. The zero-order chi connectivity index (χ0) is 6.27. The van der Waals surface area contributed by atoms with E-state index in [4.69, 9.17) is 9.47 Å². The summed E-state index contributed by atoms with van der Waals surface area (Å²) in [5, 5.41) is 0. The molecule has 2 aliphatic heterocycles. The molecule has 0 radical (unpaired) electrons. The van der Waals surface area contributed by atoms with Gasteiger partial charge in [-0.2, -0.15) is 0 Å². The highest BCUT2D eigenvalue weighted by Gasteiger charge is 2.38. The van der Waals surface area contributed by atoms with Gasteiger partial charge in [-0.3, -0.25) is 4.79 Å². The molecule has 0 unspecified atom stereocenters. The Morgan fingerprint density at radius 3 is 3.00 bits per heavy atom. The van der Waals surface area contributed by atoms with Crippen molar-refractivity contribution >= 4 is 5.97 Å². The van der Waals surface area contributed by atoms with Crippen molar-refractivity contribution in [1.82, 2.24) is 0 Å². The Morgan fingerprint density at radius 1 is 1.44 bits per heavy atom. The lowest BCUT2D eigenvalue weighted by atomic mass is 10.1. The lowest BCUT2D eigenvalue weighted by Gasteiger charge is -2.13. The van der Waals surface area contributed by atoms with Crippen LogP contribution in [0.2, 0.25) is 0 Å². The van der Waals surface area contributed by atoms with Crippen molar-refractivity contribution in [2.45, 2.75) is 12.5 Å². The van der Waals surface area contributed by atoms with Gasteiger partial charge in [0.05, 0.1) is 19.1 Å². The van der Waals surface area contributed by atoms with Crippen molar-refractivity contribution in [3.05, 3.63) is 0 Å². The van der Waals surface area contributed by atoms with Crippen LogP contribution in [0.4, 0.5) is 0 Å². The molecule has 50 valence electrons. The van der Waals surface area contributed by atoms with E-state index in [1.807, 2.05) is 0 Å². The van der Waals surface area contributed by atoms with Gasteiger partial charge in [0.25, 0.3) is 0 Å². The van der Waals surface area contributed by atoms with Gasteiger partial charge in [-0.05, 0) is 0 Å². The van der Waals surface area contributed by atoms with E-state index in [9.17, 15) is 4.79 Å². The minimum Gasteiger partial charge on any atom is -0.460 e. The van der Waals surface area contributed by atoms with Crippen LogP contribution in [-0.2, 0) is 14.3 Å². The first-order valence-corrected chi connectivity index (χ1v) is 3.14. The average Bonchev–Trinajstić information content (AvgIpc) is 2.09. The fourth-order valence-electron chi connectivity index (χ4n) is 1.30. The standard InChI is InChI=1S/C6H8O3/c7-6-4-1-5(9-6)3-8-2-4/h4-5H,1-3H2/t4-,5+/m0/s1. The number of rotatable bonds is 0. The first-order chi connectivity index (χ1) is 4.36. The Labute approximate surface area is 52.9 Å². The van der Waals surface area contributed by atoms with E-state index in [0.717, 1.165) is 6.42 Å². The normalized spacial score (nSPS) is 40.7. The van der Waals surface area contributed by atoms with E-state index in [-0.39, 0.29) is 18.0 Å². The molecule has 0 aliphatic carbocycles. The average molecular weight is 128 g/mol. The van der Waals surface area contributed by atoms with E-state index in [1.54, 1.807) is 0 Å². The minimum atomic E-state index is -0.0718. The van der Waals surface area contributed by atoms with Crippen LogP contribution in [0.3, 0.4) is 0 Å². The number of fused-ring (bicyclic) bond motifs is 2. The number of hydrogen-bond acceptors (Lipinski definition) is 3. The molecule has 0 aromatic heterocycles. The van der Waals surface area contributed by atoms with Crippen LogP contribution in [0.1, 0.15) is 6.42 Å². The van der Waals surface area contributed by atoms with Crippen molar-refractivity contribution in [3.8, 4) is 0 Å². The Hall–Kier alpha value is -0.570. The molecule has 2 saturated heterocycles. The second-order valence-corrected chi connectivity index (χ2v) is 2.53.